The molecule has 1 saturated heterocycles. The predicted octanol–water partition coefficient (Wildman–Crippen LogP) is 1.11. The standard InChI is InChI=1S/C12H17NO3/c1-14-10-5-3-2-4-9(10)12(13)11-8-15-6-7-16-11/h2-5,11-12H,6-8,13H2,1H3. The summed E-state index contributed by atoms with van der Waals surface area (Å²) in [4.78, 5) is 0. The summed E-state index contributed by atoms with van der Waals surface area (Å²) in [5, 5.41) is 0. The van der Waals surface area contributed by atoms with E-state index in [-0.39, 0.29) is 12.1 Å². The highest BCUT2D eigenvalue weighted by molar-refractivity contribution is 5.36. The molecule has 0 aliphatic carbocycles. The Morgan fingerprint density at radius 3 is 2.88 bits per heavy atom. The first-order chi connectivity index (χ1) is 7.83. The number of ether oxygens (including phenoxy) is 3. The van der Waals surface area contributed by atoms with Crippen molar-refractivity contribution in [1.29, 1.82) is 0 Å². The summed E-state index contributed by atoms with van der Waals surface area (Å²) >= 11 is 0. The quantitative estimate of drug-likeness (QED) is 0.834. The van der Waals surface area contributed by atoms with Crippen molar-refractivity contribution in [2.75, 3.05) is 26.9 Å². The first-order valence-electron chi connectivity index (χ1n) is 5.41. The van der Waals surface area contributed by atoms with Crippen LogP contribution in [0.5, 0.6) is 5.75 Å². The molecule has 0 aromatic heterocycles. The third kappa shape index (κ3) is 2.35. The zero-order valence-corrected chi connectivity index (χ0v) is 9.39. The number of benzene rings is 1. The summed E-state index contributed by atoms with van der Waals surface area (Å²) in [6, 6.07) is 7.52. The number of methoxy groups -OCH3 is 1. The van der Waals surface area contributed by atoms with Gasteiger partial charge < -0.3 is 19.9 Å². The highest BCUT2D eigenvalue weighted by Gasteiger charge is 2.25. The molecule has 2 unspecified atom stereocenters. The zero-order chi connectivity index (χ0) is 11.4. The average molecular weight is 223 g/mol. The largest absolute Gasteiger partial charge is 0.496 e. The molecule has 2 N–H and O–H groups in total. The summed E-state index contributed by atoms with van der Waals surface area (Å²) in [6.07, 6.45) is -0.0925. The maximum atomic E-state index is 6.16. The molecular weight excluding hydrogens is 206 g/mol. The molecule has 0 bridgehead atoms. The van der Waals surface area contributed by atoms with Gasteiger partial charge in [0.1, 0.15) is 11.9 Å². The van der Waals surface area contributed by atoms with Crippen LogP contribution in [0.4, 0.5) is 0 Å². The molecule has 0 amide bonds. The van der Waals surface area contributed by atoms with Crippen LogP contribution in [-0.4, -0.2) is 33.0 Å². The molecule has 1 aliphatic rings. The smallest absolute Gasteiger partial charge is 0.123 e. The molecule has 16 heavy (non-hydrogen) atoms. The Morgan fingerprint density at radius 1 is 1.38 bits per heavy atom. The maximum absolute atomic E-state index is 6.16. The lowest BCUT2D eigenvalue weighted by Gasteiger charge is -2.28. The highest BCUT2D eigenvalue weighted by atomic mass is 16.6. The van der Waals surface area contributed by atoms with Crippen molar-refractivity contribution in [2.45, 2.75) is 12.1 Å². The van der Waals surface area contributed by atoms with E-state index in [2.05, 4.69) is 0 Å². The van der Waals surface area contributed by atoms with Crippen molar-refractivity contribution in [3.8, 4) is 5.75 Å². The van der Waals surface area contributed by atoms with E-state index in [0.717, 1.165) is 11.3 Å². The monoisotopic (exact) mass is 223 g/mol. The van der Waals surface area contributed by atoms with E-state index in [0.29, 0.717) is 19.8 Å². The van der Waals surface area contributed by atoms with Crippen LogP contribution in [0.25, 0.3) is 0 Å². The zero-order valence-electron chi connectivity index (χ0n) is 9.39. The van der Waals surface area contributed by atoms with Gasteiger partial charge in [-0.15, -0.1) is 0 Å². The molecule has 1 heterocycles. The third-order valence-electron chi connectivity index (χ3n) is 2.74. The number of hydrogen-bond donors (Lipinski definition) is 1. The van der Waals surface area contributed by atoms with Crippen molar-refractivity contribution in [1.82, 2.24) is 0 Å². The van der Waals surface area contributed by atoms with Gasteiger partial charge in [0, 0.05) is 5.56 Å². The fraction of sp³-hybridized carbons (Fsp3) is 0.500. The fourth-order valence-corrected chi connectivity index (χ4v) is 1.86. The minimum Gasteiger partial charge on any atom is -0.496 e. The van der Waals surface area contributed by atoms with Crippen LogP contribution in [0.15, 0.2) is 24.3 Å². The van der Waals surface area contributed by atoms with Crippen molar-refractivity contribution < 1.29 is 14.2 Å². The second-order valence-corrected chi connectivity index (χ2v) is 3.75. The highest BCUT2D eigenvalue weighted by Crippen LogP contribution is 2.27. The minimum absolute atomic E-state index is 0.0925. The minimum atomic E-state index is -0.212. The van der Waals surface area contributed by atoms with Gasteiger partial charge in [-0.2, -0.15) is 0 Å². The Bertz CT molecular complexity index is 337. The van der Waals surface area contributed by atoms with Crippen LogP contribution < -0.4 is 10.5 Å². The van der Waals surface area contributed by atoms with E-state index in [1.165, 1.54) is 0 Å². The fourth-order valence-electron chi connectivity index (χ4n) is 1.86. The van der Waals surface area contributed by atoms with E-state index in [4.69, 9.17) is 19.9 Å². The van der Waals surface area contributed by atoms with E-state index in [1.54, 1.807) is 7.11 Å². The molecule has 0 radical (unpaired) electrons. The van der Waals surface area contributed by atoms with Gasteiger partial charge in [0.2, 0.25) is 0 Å². The summed E-state index contributed by atoms with van der Waals surface area (Å²) in [5.74, 6) is 0.796. The van der Waals surface area contributed by atoms with Gasteiger partial charge in [-0.25, -0.2) is 0 Å². The lowest BCUT2D eigenvalue weighted by molar-refractivity contribution is -0.0977. The van der Waals surface area contributed by atoms with Gasteiger partial charge in [-0.3, -0.25) is 0 Å². The normalized spacial score (nSPS) is 22.8. The third-order valence-corrected chi connectivity index (χ3v) is 2.74. The van der Waals surface area contributed by atoms with Crippen LogP contribution in [0.3, 0.4) is 0 Å². The van der Waals surface area contributed by atoms with Gasteiger partial charge in [0.15, 0.2) is 0 Å². The van der Waals surface area contributed by atoms with Crippen LogP contribution in [0.1, 0.15) is 11.6 Å². The molecule has 4 heteroatoms. The Kier molecular flexibility index (Phi) is 3.77. The number of nitrogens with two attached hydrogens (primary N) is 1. The summed E-state index contributed by atoms with van der Waals surface area (Å²) in [7, 11) is 1.64. The Balaban J connectivity index is 2.15. The molecule has 2 rings (SSSR count). The lowest BCUT2D eigenvalue weighted by Crippen LogP contribution is -2.37. The molecule has 1 aromatic carbocycles. The maximum Gasteiger partial charge on any atom is 0.123 e. The summed E-state index contributed by atoms with van der Waals surface area (Å²) in [6.45, 7) is 1.79. The first kappa shape index (κ1) is 11.4. The van der Waals surface area contributed by atoms with Crippen LogP contribution >= 0.6 is 0 Å². The second-order valence-electron chi connectivity index (χ2n) is 3.75. The first-order valence-corrected chi connectivity index (χ1v) is 5.41. The van der Waals surface area contributed by atoms with Gasteiger partial charge >= 0.3 is 0 Å². The van der Waals surface area contributed by atoms with E-state index in [9.17, 15) is 0 Å². The molecule has 1 fully saturated rings. The molecule has 1 aromatic rings. The second kappa shape index (κ2) is 5.30. The molecule has 4 nitrogen and oxygen atoms in total. The summed E-state index contributed by atoms with van der Waals surface area (Å²) in [5.41, 5.74) is 7.12. The Morgan fingerprint density at radius 2 is 2.19 bits per heavy atom. The van der Waals surface area contributed by atoms with Crippen molar-refractivity contribution in [3.05, 3.63) is 29.8 Å². The van der Waals surface area contributed by atoms with Crippen LogP contribution in [-0.2, 0) is 9.47 Å². The van der Waals surface area contributed by atoms with Gasteiger partial charge in [-0.1, -0.05) is 18.2 Å². The molecule has 0 saturated carbocycles. The molecule has 0 spiro atoms. The van der Waals surface area contributed by atoms with Crippen molar-refractivity contribution >= 4 is 0 Å². The van der Waals surface area contributed by atoms with Gasteiger partial charge in [0.05, 0.1) is 33.0 Å². The van der Waals surface area contributed by atoms with E-state index >= 15 is 0 Å². The molecule has 1 aliphatic heterocycles. The lowest BCUT2D eigenvalue weighted by atomic mass is 10.0. The van der Waals surface area contributed by atoms with Crippen molar-refractivity contribution in [2.24, 2.45) is 5.73 Å². The van der Waals surface area contributed by atoms with Gasteiger partial charge in [0.25, 0.3) is 0 Å². The number of hydrogen-bond acceptors (Lipinski definition) is 4. The summed E-state index contributed by atoms with van der Waals surface area (Å²) < 4.78 is 16.2. The molecule has 2 atom stereocenters. The van der Waals surface area contributed by atoms with Crippen LogP contribution in [0.2, 0.25) is 0 Å². The molecule has 88 valence electrons. The van der Waals surface area contributed by atoms with Gasteiger partial charge in [-0.05, 0) is 6.07 Å². The SMILES string of the molecule is COc1ccccc1C(N)C1COCCO1. The van der Waals surface area contributed by atoms with E-state index in [1.807, 2.05) is 24.3 Å². The number of para-hydroxylation sites is 1. The van der Waals surface area contributed by atoms with E-state index < -0.39 is 0 Å². The number of rotatable bonds is 3. The topological polar surface area (TPSA) is 53.7 Å². The predicted molar refractivity (Wildman–Crippen MR) is 60.5 cm³/mol. The Hall–Kier alpha value is -1.10. The van der Waals surface area contributed by atoms with Crippen LogP contribution in [0, 0.1) is 0 Å². The van der Waals surface area contributed by atoms with Crippen molar-refractivity contribution in [3.63, 3.8) is 0 Å². The average Bonchev–Trinajstić information content (AvgIpc) is 2.39. The molecular formula is C12H17NO3. The Labute approximate surface area is 95.3 Å².